The van der Waals surface area contributed by atoms with Gasteiger partial charge in [0.15, 0.2) is 6.61 Å². The summed E-state index contributed by atoms with van der Waals surface area (Å²) in [5.41, 5.74) is 2.55. The van der Waals surface area contributed by atoms with Crippen LogP contribution in [-0.2, 0) is 9.53 Å². The summed E-state index contributed by atoms with van der Waals surface area (Å²) in [5, 5.41) is 2.45. The number of amides is 1. The third kappa shape index (κ3) is 5.57. The predicted octanol–water partition coefficient (Wildman–Crippen LogP) is 2.48. The Hall–Kier alpha value is -3.35. The van der Waals surface area contributed by atoms with E-state index >= 15 is 0 Å². The molecule has 0 aliphatic heterocycles. The monoisotopic (exact) mass is 385 g/mol. The van der Waals surface area contributed by atoms with Gasteiger partial charge in [-0.2, -0.15) is 0 Å². The molecule has 0 radical (unpaired) electrons. The molecule has 0 unspecified atom stereocenters. The van der Waals surface area contributed by atoms with Gasteiger partial charge in [-0.3, -0.25) is 14.4 Å². The molecular formula is C21H23NO6. The Labute approximate surface area is 163 Å². The second-order valence-electron chi connectivity index (χ2n) is 6.19. The average molecular weight is 385 g/mol. The molecule has 0 saturated carbocycles. The molecule has 2 rings (SSSR count). The zero-order chi connectivity index (χ0) is 20.7. The molecule has 148 valence electrons. The molecular weight excluding hydrogens is 362 g/mol. The van der Waals surface area contributed by atoms with E-state index in [1.54, 1.807) is 12.1 Å². The van der Waals surface area contributed by atoms with Gasteiger partial charge in [0.2, 0.25) is 5.78 Å². The third-order valence-corrected chi connectivity index (χ3v) is 4.06. The van der Waals surface area contributed by atoms with Gasteiger partial charge in [0.25, 0.3) is 5.91 Å². The fraction of sp³-hybridized carbons (Fsp3) is 0.286. The summed E-state index contributed by atoms with van der Waals surface area (Å²) in [5.74, 6) is -0.590. The van der Waals surface area contributed by atoms with Crippen molar-refractivity contribution in [2.24, 2.45) is 0 Å². The number of hydrogen-bond acceptors (Lipinski definition) is 6. The first kappa shape index (κ1) is 21.0. The van der Waals surface area contributed by atoms with Crippen LogP contribution in [0.15, 0.2) is 36.4 Å². The third-order valence-electron chi connectivity index (χ3n) is 4.06. The minimum absolute atomic E-state index is 0.274. The van der Waals surface area contributed by atoms with Gasteiger partial charge in [-0.25, -0.2) is 0 Å². The summed E-state index contributed by atoms with van der Waals surface area (Å²) in [7, 11) is 2.95. The molecule has 7 nitrogen and oxygen atoms in total. The van der Waals surface area contributed by atoms with E-state index < -0.39 is 11.9 Å². The second kappa shape index (κ2) is 9.55. The maximum atomic E-state index is 12.2. The summed E-state index contributed by atoms with van der Waals surface area (Å²) in [6.07, 6.45) is 0. The molecule has 0 aliphatic rings. The molecule has 0 spiro atoms. The standard InChI is InChI=1S/C21H23NO6/c1-13-5-6-14(2)18(7-13)19(23)12-28-20(24)11-22-21(25)15-8-16(26-3)10-17(9-15)27-4/h5-10H,11-12H2,1-4H3,(H,22,25). The van der Waals surface area contributed by atoms with Crippen molar-refractivity contribution in [3.63, 3.8) is 0 Å². The maximum absolute atomic E-state index is 12.2. The highest BCUT2D eigenvalue weighted by Gasteiger charge is 2.15. The first-order valence-corrected chi connectivity index (χ1v) is 8.61. The number of esters is 1. The number of methoxy groups -OCH3 is 2. The molecule has 0 aliphatic carbocycles. The quantitative estimate of drug-likeness (QED) is 0.555. The number of ether oxygens (including phenoxy) is 3. The second-order valence-corrected chi connectivity index (χ2v) is 6.19. The molecule has 0 bridgehead atoms. The van der Waals surface area contributed by atoms with Gasteiger partial charge in [-0.1, -0.05) is 17.7 Å². The van der Waals surface area contributed by atoms with Crippen LogP contribution < -0.4 is 14.8 Å². The van der Waals surface area contributed by atoms with Gasteiger partial charge in [0.1, 0.15) is 18.0 Å². The van der Waals surface area contributed by atoms with Crippen LogP contribution >= 0.6 is 0 Å². The minimum atomic E-state index is -0.707. The van der Waals surface area contributed by atoms with Crippen molar-refractivity contribution in [1.29, 1.82) is 0 Å². The van der Waals surface area contributed by atoms with Gasteiger partial charge in [-0.05, 0) is 37.6 Å². The molecule has 2 aromatic rings. The lowest BCUT2D eigenvalue weighted by Gasteiger charge is -2.10. The highest BCUT2D eigenvalue weighted by Crippen LogP contribution is 2.22. The van der Waals surface area contributed by atoms with Crippen LogP contribution in [0.5, 0.6) is 11.5 Å². The highest BCUT2D eigenvalue weighted by atomic mass is 16.5. The van der Waals surface area contributed by atoms with Gasteiger partial charge in [-0.15, -0.1) is 0 Å². The molecule has 2 aromatic carbocycles. The lowest BCUT2D eigenvalue weighted by atomic mass is 10.0. The molecule has 1 amide bonds. The molecule has 0 heterocycles. The number of carbonyl (C=O) groups is 3. The summed E-state index contributed by atoms with van der Waals surface area (Å²) in [4.78, 5) is 36.3. The summed E-state index contributed by atoms with van der Waals surface area (Å²) in [6.45, 7) is 2.95. The molecule has 1 N–H and O–H groups in total. The van der Waals surface area contributed by atoms with Gasteiger partial charge >= 0.3 is 5.97 Å². The van der Waals surface area contributed by atoms with Crippen LogP contribution in [0.4, 0.5) is 0 Å². The summed E-state index contributed by atoms with van der Waals surface area (Å²) >= 11 is 0. The smallest absolute Gasteiger partial charge is 0.325 e. The SMILES string of the molecule is COc1cc(OC)cc(C(=O)NCC(=O)OCC(=O)c2cc(C)ccc2C)c1. The molecule has 28 heavy (non-hydrogen) atoms. The summed E-state index contributed by atoms with van der Waals surface area (Å²) in [6, 6.07) is 10.2. The van der Waals surface area contributed by atoms with E-state index in [4.69, 9.17) is 14.2 Å². The van der Waals surface area contributed by atoms with E-state index in [-0.39, 0.29) is 24.5 Å². The van der Waals surface area contributed by atoms with E-state index in [9.17, 15) is 14.4 Å². The van der Waals surface area contributed by atoms with Crippen molar-refractivity contribution >= 4 is 17.7 Å². The van der Waals surface area contributed by atoms with Crippen LogP contribution in [0.25, 0.3) is 0 Å². The number of carbonyl (C=O) groups excluding carboxylic acids is 3. The average Bonchev–Trinajstić information content (AvgIpc) is 2.71. The van der Waals surface area contributed by atoms with Crippen molar-refractivity contribution in [3.05, 3.63) is 58.7 Å². The van der Waals surface area contributed by atoms with Crippen molar-refractivity contribution in [2.75, 3.05) is 27.4 Å². The number of ketones is 1. The van der Waals surface area contributed by atoms with Crippen LogP contribution in [0.1, 0.15) is 31.8 Å². The molecule has 0 fully saturated rings. The number of rotatable bonds is 8. The molecule has 0 aromatic heterocycles. The zero-order valence-electron chi connectivity index (χ0n) is 16.3. The Morgan fingerprint density at radius 3 is 2.18 bits per heavy atom. The largest absolute Gasteiger partial charge is 0.497 e. The minimum Gasteiger partial charge on any atom is -0.497 e. The van der Waals surface area contributed by atoms with Crippen molar-refractivity contribution in [1.82, 2.24) is 5.32 Å². The van der Waals surface area contributed by atoms with E-state index in [0.717, 1.165) is 11.1 Å². The number of aryl methyl sites for hydroxylation is 2. The lowest BCUT2D eigenvalue weighted by molar-refractivity contribution is -0.141. The first-order valence-electron chi connectivity index (χ1n) is 8.61. The normalized spacial score (nSPS) is 10.1. The lowest BCUT2D eigenvalue weighted by Crippen LogP contribution is -2.31. The van der Waals surface area contributed by atoms with Crippen LogP contribution in [0.3, 0.4) is 0 Å². The maximum Gasteiger partial charge on any atom is 0.325 e. The van der Waals surface area contributed by atoms with Crippen LogP contribution in [-0.4, -0.2) is 45.0 Å². The van der Waals surface area contributed by atoms with E-state index in [1.165, 1.54) is 26.4 Å². The zero-order valence-corrected chi connectivity index (χ0v) is 16.3. The van der Waals surface area contributed by atoms with E-state index in [0.29, 0.717) is 17.1 Å². The van der Waals surface area contributed by atoms with Crippen LogP contribution in [0.2, 0.25) is 0 Å². The Morgan fingerprint density at radius 2 is 1.57 bits per heavy atom. The van der Waals surface area contributed by atoms with Crippen LogP contribution in [0, 0.1) is 13.8 Å². The number of benzene rings is 2. The number of Topliss-reactive ketones (excluding diaryl/α,β-unsaturated/α-hetero) is 1. The molecule has 0 atom stereocenters. The summed E-state index contributed by atoms with van der Waals surface area (Å²) < 4.78 is 15.2. The molecule has 7 heteroatoms. The van der Waals surface area contributed by atoms with Crippen molar-refractivity contribution < 1.29 is 28.6 Å². The van der Waals surface area contributed by atoms with Crippen molar-refractivity contribution in [2.45, 2.75) is 13.8 Å². The molecule has 0 saturated heterocycles. The number of hydrogen-bond donors (Lipinski definition) is 1. The van der Waals surface area contributed by atoms with E-state index in [2.05, 4.69) is 5.32 Å². The van der Waals surface area contributed by atoms with Gasteiger partial charge < -0.3 is 19.5 Å². The first-order chi connectivity index (χ1) is 13.3. The Bertz CT molecular complexity index is 868. The number of nitrogens with one attached hydrogen (secondary N) is 1. The fourth-order valence-corrected chi connectivity index (χ4v) is 2.50. The topological polar surface area (TPSA) is 90.9 Å². The fourth-order valence-electron chi connectivity index (χ4n) is 2.50. The van der Waals surface area contributed by atoms with Crippen molar-refractivity contribution in [3.8, 4) is 11.5 Å². The predicted molar refractivity (Wildman–Crippen MR) is 103 cm³/mol. The Morgan fingerprint density at radius 1 is 0.929 bits per heavy atom. The Kier molecular flexibility index (Phi) is 7.14. The van der Waals surface area contributed by atoms with E-state index in [1.807, 2.05) is 26.0 Å². The van der Waals surface area contributed by atoms with Gasteiger partial charge in [0, 0.05) is 17.2 Å². The Balaban J connectivity index is 1.89. The van der Waals surface area contributed by atoms with Gasteiger partial charge in [0.05, 0.1) is 14.2 Å². The highest BCUT2D eigenvalue weighted by molar-refractivity contribution is 6.00.